The molecule has 0 aliphatic heterocycles. The molecule has 0 heteroatoms. The van der Waals surface area contributed by atoms with Crippen molar-refractivity contribution in [2.75, 3.05) is 0 Å². The van der Waals surface area contributed by atoms with Gasteiger partial charge in [0.2, 0.25) is 0 Å². The summed E-state index contributed by atoms with van der Waals surface area (Å²) in [5, 5.41) is 0. The van der Waals surface area contributed by atoms with Gasteiger partial charge in [-0.05, 0) is 279 Å². The van der Waals surface area contributed by atoms with Crippen LogP contribution in [0.4, 0.5) is 0 Å². The Bertz CT molecular complexity index is 2180. The fraction of sp³-hybridized carbons (Fsp3) is 0.517. The van der Waals surface area contributed by atoms with E-state index in [9.17, 15) is 0 Å². The number of allylic oxidation sites excluding steroid dienone is 35. The molecule has 0 amide bonds. The second-order valence-electron chi connectivity index (χ2n) is 23.4. The summed E-state index contributed by atoms with van der Waals surface area (Å²) in [7, 11) is 0. The summed E-state index contributed by atoms with van der Waals surface area (Å²) in [6.45, 7) is 71.4. The number of rotatable bonds is 38. The Morgan fingerprint density at radius 1 is 0.253 bits per heavy atom. The van der Waals surface area contributed by atoms with Gasteiger partial charge in [-0.1, -0.05) is 226 Å². The molecule has 0 atom stereocenters. The molecule has 494 valence electrons. The molecule has 0 aromatic heterocycles. The van der Waals surface area contributed by atoms with Gasteiger partial charge < -0.3 is 0 Å². The van der Waals surface area contributed by atoms with Crippen LogP contribution in [0.5, 0.6) is 0 Å². The third-order valence-electron chi connectivity index (χ3n) is 14.6. The van der Waals surface area contributed by atoms with E-state index in [-0.39, 0.29) is 0 Å². The Labute approximate surface area is 548 Å². The van der Waals surface area contributed by atoms with Gasteiger partial charge in [0, 0.05) is 0 Å². The summed E-state index contributed by atoms with van der Waals surface area (Å²) < 4.78 is 0. The minimum atomic E-state index is 0.995. The normalized spacial score (nSPS) is 12.6. The summed E-state index contributed by atoms with van der Waals surface area (Å²) >= 11 is 0. The molecule has 0 fully saturated rings. The third kappa shape index (κ3) is 87.1. The zero-order valence-corrected chi connectivity index (χ0v) is 62.0. The lowest BCUT2D eigenvalue weighted by molar-refractivity contribution is 0.888. The average Bonchev–Trinajstić information content (AvgIpc) is 3.53. The van der Waals surface area contributed by atoms with Crippen LogP contribution in [-0.4, -0.2) is 0 Å². The Kier molecular flexibility index (Phi) is 83.9. The van der Waals surface area contributed by atoms with E-state index in [2.05, 4.69) is 277 Å². The standard InChI is InChI=1S/C14H24.2C13H22.3C12H20.C11H18/c1-5-8-11-14(7-3)12-9-10-13(4)6-2;1-6-8-12(4)13(5)10-9-11(3)7-2;1-5-7-10-13(6-2)11-8-9-12(3)4;1-5-6-9-12(4)10-7-8-11(2)3;1-5-8-12(4)10-7-9-11(3)6-2;1-5-7-8-12(4)10-9-11(3)6-2;1-4-6-7-8-9-10-11(3)5-2/h5,10-11H,1,6-9,12H2,2-4H3;6-7H,1,8-10H2,2-5H3;5,9-10H,1,6-8,11H2,2-4H3;5,8-9H,1,6-7,10H2,2-4H3;5-6,10H,1,7-9H2,2-4H3;5-6,8H,1,7,9-10H2,2-4H3;4-5,7-8H,1,6,9-10H2,2-3H3/b13-10+,14-11?;11-7?,13-12-;;;;;. The van der Waals surface area contributed by atoms with Crippen molar-refractivity contribution in [3.05, 3.63) is 252 Å². The van der Waals surface area contributed by atoms with E-state index in [4.69, 9.17) is 0 Å². The summed E-state index contributed by atoms with van der Waals surface area (Å²) in [6, 6.07) is 0. The first kappa shape index (κ1) is 95.2. The largest absolute Gasteiger partial charge is 0.103 e. The van der Waals surface area contributed by atoms with E-state index in [1.807, 2.05) is 42.5 Å². The van der Waals surface area contributed by atoms with E-state index in [0.717, 1.165) is 57.8 Å². The van der Waals surface area contributed by atoms with Crippen LogP contribution >= 0.6 is 0 Å². The molecule has 0 bridgehead atoms. The zero-order chi connectivity index (χ0) is 67.9. The molecule has 0 heterocycles. The molecule has 0 rings (SSSR count). The molecule has 0 aromatic rings. The van der Waals surface area contributed by atoms with Crippen molar-refractivity contribution in [1.82, 2.24) is 0 Å². The van der Waals surface area contributed by atoms with Crippen molar-refractivity contribution in [1.29, 1.82) is 0 Å². The van der Waals surface area contributed by atoms with Crippen LogP contribution in [0, 0.1) is 0 Å². The third-order valence-corrected chi connectivity index (χ3v) is 14.6. The van der Waals surface area contributed by atoms with E-state index in [1.54, 1.807) is 11.1 Å². The minimum absolute atomic E-state index is 0.995. The first-order valence-electron chi connectivity index (χ1n) is 33.7. The number of hydrogen-bond donors (Lipinski definition) is 0. The molecule has 0 spiro atoms. The fourth-order valence-electron chi connectivity index (χ4n) is 7.34. The number of hydrogen-bond acceptors (Lipinski definition) is 0. The maximum Gasteiger partial charge on any atom is -0.0142 e. The molecule has 87 heavy (non-hydrogen) atoms. The highest BCUT2D eigenvalue weighted by Gasteiger charge is 1.98. The van der Waals surface area contributed by atoms with Crippen LogP contribution < -0.4 is 0 Å². The molecule has 0 saturated heterocycles. The SMILES string of the molecule is C=CC/C(C)=C(/C)CCC(C)=CC.C=CCC(C)=CCCC(C)=CC.C=CCC=C(C)CCC(C)=CC.C=CCC=C(C)CCC=C(C)C.C=CCC=C(CC)CC/C=C(\C)CC.C=CCC=C(CC)CCC=C(C)C.C=CCC=CCCC(C)=CC. The highest BCUT2D eigenvalue weighted by Crippen LogP contribution is 2.18. The second-order valence-corrected chi connectivity index (χ2v) is 23.4. The summed E-state index contributed by atoms with van der Waals surface area (Å²) in [6.07, 6.45) is 72.2. The van der Waals surface area contributed by atoms with Crippen molar-refractivity contribution < 1.29 is 0 Å². The Hall–Kier alpha value is -5.46. The predicted octanol–water partition coefficient (Wildman–Crippen LogP) is 31.0. The molecule has 0 aromatic carbocycles. The van der Waals surface area contributed by atoms with E-state index < -0.39 is 0 Å². The first-order chi connectivity index (χ1) is 41.4. The van der Waals surface area contributed by atoms with Gasteiger partial charge in [-0.3, -0.25) is 0 Å². The van der Waals surface area contributed by atoms with Crippen LogP contribution in [0.2, 0.25) is 0 Å². The van der Waals surface area contributed by atoms with Crippen molar-refractivity contribution in [2.24, 2.45) is 0 Å². The Balaban J connectivity index is -0.000000172. The molecule has 0 N–H and O–H groups in total. The van der Waals surface area contributed by atoms with Crippen LogP contribution in [0.1, 0.15) is 299 Å². The highest BCUT2D eigenvalue weighted by molar-refractivity contribution is 5.15. The summed E-state index contributed by atoms with van der Waals surface area (Å²) in [4.78, 5) is 0. The van der Waals surface area contributed by atoms with Crippen LogP contribution in [0.15, 0.2) is 252 Å². The molecular weight excluding hydrogens is 1040 g/mol. The molecular formula is C87H146. The lowest BCUT2D eigenvalue weighted by Gasteiger charge is -2.05. The van der Waals surface area contributed by atoms with Crippen molar-refractivity contribution in [2.45, 2.75) is 299 Å². The smallest absolute Gasteiger partial charge is 0.0142 e. The van der Waals surface area contributed by atoms with Gasteiger partial charge in [-0.25, -0.2) is 0 Å². The zero-order valence-electron chi connectivity index (χ0n) is 62.0. The van der Waals surface area contributed by atoms with Crippen molar-refractivity contribution in [3.63, 3.8) is 0 Å². The summed E-state index contributed by atoms with van der Waals surface area (Å²) in [5.74, 6) is 0. The van der Waals surface area contributed by atoms with Gasteiger partial charge in [0.05, 0.1) is 0 Å². The lowest BCUT2D eigenvalue weighted by Crippen LogP contribution is -1.85. The van der Waals surface area contributed by atoms with Crippen molar-refractivity contribution in [3.8, 4) is 0 Å². The fourth-order valence-corrected chi connectivity index (χ4v) is 7.34. The molecule has 0 saturated carbocycles. The van der Waals surface area contributed by atoms with Gasteiger partial charge in [0.15, 0.2) is 0 Å². The molecule has 0 aliphatic rings. The maximum absolute atomic E-state index is 3.75. The van der Waals surface area contributed by atoms with Gasteiger partial charge in [0.1, 0.15) is 0 Å². The molecule has 0 unspecified atom stereocenters. The van der Waals surface area contributed by atoms with Gasteiger partial charge in [-0.15, -0.1) is 46.1 Å². The quantitative estimate of drug-likeness (QED) is 0.0541. The second kappa shape index (κ2) is 76.6. The Morgan fingerprint density at radius 2 is 0.586 bits per heavy atom. The maximum atomic E-state index is 3.75. The van der Waals surface area contributed by atoms with Crippen LogP contribution in [0.25, 0.3) is 0 Å². The van der Waals surface area contributed by atoms with E-state index >= 15 is 0 Å². The van der Waals surface area contributed by atoms with Gasteiger partial charge in [-0.2, -0.15) is 0 Å². The van der Waals surface area contributed by atoms with Crippen molar-refractivity contribution >= 4 is 0 Å². The van der Waals surface area contributed by atoms with Crippen LogP contribution in [-0.2, 0) is 0 Å². The van der Waals surface area contributed by atoms with Crippen LogP contribution in [0.3, 0.4) is 0 Å². The minimum Gasteiger partial charge on any atom is -0.103 e. The molecule has 0 aliphatic carbocycles. The predicted molar refractivity (Wildman–Crippen MR) is 415 cm³/mol. The highest BCUT2D eigenvalue weighted by atomic mass is 14.0. The van der Waals surface area contributed by atoms with E-state index in [0.29, 0.717) is 0 Å². The molecule has 0 nitrogen and oxygen atoms in total. The lowest BCUT2D eigenvalue weighted by atomic mass is 10.0. The Morgan fingerprint density at radius 3 is 0.977 bits per heavy atom. The summed E-state index contributed by atoms with van der Waals surface area (Å²) in [5.41, 5.74) is 20.7. The van der Waals surface area contributed by atoms with E-state index in [1.165, 1.54) is 163 Å². The van der Waals surface area contributed by atoms with Gasteiger partial charge in [0.25, 0.3) is 0 Å². The first-order valence-corrected chi connectivity index (χ1v) is 33.7. The topological polar surface area (TPSA) is 0 Å². The average molecular weight is 1190 g/mol. The molecule has 0 radical (unpaired) electrons. The monoisotopic (exact) mass is 1190 g/mol. The van der Waals surface area contributed by atoms with Gasteiger partial charge >= 0.3 is 0 Å².